The zero-order chi connectivity index (χ0) is 11.3. The van der Waals surface area contributed by atoms with Crippen molar-refractivity contribution in [2.24, 2.45) is 0 Å². The smallest absolute Gasteiger partial charge is 0.0918 e. The van der Waals surface area contributed by atoms with Gasteiger partial charge in [0.05, 0.1) is 15.6 Å². The Morgan fingerprint density at radius 3 is 2.94 bits per heavy atom. The summed E-state index contributed by atoms with van der Waals surface area (Å²) < 4.78 is 0.949. The Kier molecular flexibility index (Phi) is 2.59. The Hall–Kier alpha value is -0.350. The highest BCUT2D eigenvalue weighted by Crippen LogP contribution is 2.38. The maximum atomic E-state index is 6.16. The van der Waals surface area contributed by atoms with Gasteiger partial charge in [0.15, 0.2) is 0 Å². The number of hydrogen-bond donors (Lipinski definition) is 1. The van der Waals surface area contributed by atoms with Crippen molar-refractivity contribution in [2.75, 3.05) is 0 Å². The molecule has 16 heavy (non-hydrogen) atoms. The lowest BCUT2D eigenvalue weighted by atomic mass is 10.1. The fraction of sp³-hybridized carbons (Fsp3) is 0.182. The second-order valence-corrected chi connectivity index (χ2v) is 5.38. The highest BCUT2D eigenvalue weighted by molar-refractivity contribution is 9.10. The predicted molar refractivity (Wildman–Crippen MR) is 70.0 cm³/mol. The average molecular weight is 318 g/mol. The van der Waals surface area contributed by atoms with Gasteiger partial charge in [-0.05, 0) is 17.2 Å². The van der Waals surface area contributed by atoms with Crippen LogP contribution in [0.15, 0.2) is 16.7 Å². The lowest BCUT2D eigenvalue weighted by Gasteiger charge is -2.08. The van der Waals surface area contributed by atoms with Gasteiger partial charge in [0.25, 0.3) is 0 Å². The fourth-order valence-corrected chi connectivity index (χ4v) is 3.23. The molecule has 2 nitrogen and oxygen atoms in total. The molecule has 2 heterocycles. The monoisotopic (exact) mass is 316 g/mol. The number of benzene rings is 1. The summed E-state index contributed by atoms with van der Waals surface area (Å²) in [5.41, 5.74) is 3.26. The SMILES string of the molecule is Clc1cc(Br)c2c3c(cnc2c1Cl)CNC3. The van der Waals surface area contributed by atoms with Crippen LogP contribution in [0.1, 0.15) is 11.1 Å². The molecule has 2 aromatic rings. The first-order valence-corrected chi connectivity index (χ1v) is 6.38. The molecule has 0 amide bonds. The highest BCUT2D eigenvalue weighted by atomic mass is 79.9. The standard InChI is InChI=1S/C11H7BrCl2N2/c12-7-1-8(13)10(14)11-9(7)6-4-15-2-5(6)3-16-11/h1,3,15H,2,4H2. The van der Waals surface area contributed by atoms with Crippen molar-refractivity contribution >= 4 is 50.0 Å². The number of aromatic nitrogens is 1. The van der Waals surface area contributed by atoms with Crippen LogP contribution in [0, 0.1) is 0 Å². The van der Waals surface area contributed by atoms with Crippen molar-refractivity contribution < 1.29 is 0 Å². The van der Waals surface area contributed by atoms with E-state index in [1.54, 1.807) is 0 Å². The lowest BCUT2D eigenvalue weighted by Crippen LogP contribution is -2.00. The van der Waals surface area contributed by atoms with Crippen LogP contribution < -0.4 is 5.32 Å². The lowest BCUT2D eigenvalue weighted by molar-refractivity contribution is 0.765. The maximum Gasteiger partial charge on any atom is 0.0918 e. The average Bonchev–Trinajstić information content (AvgIpc) is 2.72. The van der Waals surface area contributed by atoms with Gasteiger partial charge in [-0.3, -0.25) is 4.98 Å². The van der Waals surface area contributed by atoms with Gasteiger partial charge >= 0.3 is 0 Å². The number of halogens is 3. The molecule has 1 N–H and O–H groups in total. The van der Waals surface area contributed by atoms with E-state index >= 15 is 0 Å². The van der Waals surface area contributed by atoms with E-state index in [2.05, 4.69) is 26.2 Å². The van der Waals surface area contributed by atoms with Crippen LogP contribution in [0.2, 0.25) is 10.0 Å². The topological polar surface area (TPSA) is 24.9 Å². The third kappa shape index (κ3) is 1.46. The normalized spacial score (nSPS) is 14.4. The zero-order valence-electron chi connectivity index (χ0n) is 8.15. The van der Waals surface area contributed by atoms with E-state index in [0.29, 0.717) is 10.0 Å². The van der Waals surface area contributed by atoms with Crippen LogP contribution in [0.4, 0.5) is 0 Å². The molecule has 0 saturated heterocycles. The number of nitrogens with zero attached hydrogens (tertiary/aromatic N) is 1. The summed E-state index contributed by atoms with van der Waals surface area (Å²) in [6.07, 6.45) is 1.87. The molecule has 0 atom stereocenters. The van der Waals surface area contributed by atoms with Crippen LogP contribution in [0.3, 0.4) is 0 Å². The van der Waals surface area contributed by atoms with E-state index in [0.717, 1.165) is 28.5 Å². The Labute approximate surface area is 111 Å². The molecule has 0 spiro atoms. The van der Waals surface area contributed by atoms with Gasteiger partial charge in [-0.15, -0.1) is 0 Å². The number of nitrogens with one attached hydrogen (secondary N) is 1. The van der Waals surface area contributed by atoms with E-state index < -0.39 is 0 Å². The van der Waals surface area contributed by atoms with Gasteiger partial charge in [-0.1, -0.05) is 39.1 Å². The molecule has 0 aliphatic carbocycles. The largest absolute Gasteiger partial charge is 0.309 e. The first kappa shape index (κ1) is 10.8. The molecule has 0 saturated carbocycles. The minimum absolute atomic E-state index is 0.523. The highest BCUT2D eigenvalue weighted by Gasteiger charge is 2.18. The molecule has 3 rings (SSSR count). The third-order valence-corrected chi connectivity index (χ3v) is 4.21. The molecular formula is C11H7BrCl2N2. The molecule has 0 fully saturated rings. The van der Waals surface area contributed by atoms with Crippen molar-refractivity contribution in [1.82, 2.24) is 10.3 Å². The molecule has 1 aliphatic heterocycles. The first-order valence-electron chi connectivity index (χ1n) is 4.83. The van der Waals surface area contributed by atoms with Crippen molar-refractivity contribution in [2.45, 2.75) is 13.1 Å². The van der Waals surface area contributed by atoms with E-state index in [-0.39, 0.29) is 0 Å². The number of hydrogen-bond acceptors (Lipinski definition) is 2. The molecule has 5 heteroatoms. The second kappa shape index (κ2) is 3.84. The Morgan fingerprint density at radius 1 is 1.31 bits per heavy atom. The van der Waals surface area contributed by atoms with Crippen molar-refractivity contribution in [3.63, 3.8) is 0 Å². The molecule has 82 valence electrons. The molecule has 1 aromatic carbocycles. The van der Waals surface area contributed by atoms with Gasteiger partial charge in [-0.2, -0.15) is 0 Å². The molecule has 0 radical (unpaired) electrons. The third-order valence-electron chi connectivity index (χ3n) is 2.80. The second-order valence-electron chi connectivity index (χ2n) is 3.74. The van der Waals surface area contributed by atoms with E-state index in [1.807, 2.05) is 12.3 Å². The summed E-state index contributed by atoms with van der Waals surface area (Å²) in [5, 5.41) is 5.42. The fourth-order valence-electron chi connectivity index (χ4n) is 2.05. The van der Waals surface area contributed by atoms with E-state index in [4.69, 9.17) is 23.2 Å². The van der Waals surface area contributed by atoms with Crippen LogP contribution >= 0.6 is 39.1 Å². The minimum Gasteiger partial charge on any atom is -0.309 e. The quantitative estimate of drug-likeness (QED) is 0.745. The Morgan fingerprint density at radius 2 is 2.12 bits per heavy atom. The zero-order valence-corrected chi connectivity index (χ0v) is 11.2. The summed E-state index contributed by atoms with van der Waals surface area (Å²) in [4.78, 5) is 4.39. The molecule has 1 aromatic heterocycles. The summed E-state index contributed by atoms with van der Waals surface area (Å²) in [5.74, 6) is 0. The van der Waals surface area contributed by atoms with Crippen LogP contribution in [-0.2, 0) is 13.1 Å². The minimum atomic E-state index is 0.523. The molecular weight excluding hydrogens is 311 g/mol. The molecule has 0 unspecified atom stereocenters. The van der Waals surface area contributed by atoms with Gasteiger partial charge in [0.2, 0.25) is 0 Å². The summed E-state index contributed by atoms with van der Waals surface area (Å²) >= 11 is 15.7. The Balaban J connectivity index is 2.49. The number of pyridine rings is 1. The van der Waals surface area contributed by atoms with Gasteiger partial charge in [0, 0.05) is 29.1 Å². The summed E-state index contributed by atoms with van der Waals surface area (Å²) in [7, 11) is 0. The molecule has 1 aliphatic rings. The van der Waals surface area contributed by atoms with Crippen molar-refractivity contribution in [3.05, 3.63) is 37.9 Å². The number of rotatable bonds is 0. The van der Waals surface area contributed by atoms with Gasteiger partial charge in [-0.25, -0.2) is 0 Å². The van der Waals surface area contributed by atoms with Crippen LogP contribution in [0.5, 0.6) is 0 Å². The van der Waals surface area contributed by atoms with E-state index in [9.17, 15) is 0 Å². The molecule has 0 bridgehead atoms. The maximum absolute atomic E-state index is 6.16. The number of fused-ring (bicyclic) bond motifs is 3. The van der Waals surface area contributed by atoms with E-state index in [1.165, 1.54) is 11.1 Å². The van der Waals surface area contributed by atoms with Crippen LogP contribution in [0.25, 0.3) is 10.9 Å². The van der Waals surface area contributed by atoms with Gasteiger partial charge < -0.3 is 5.32 Å². The Bertz CT molecular complexity index is 598. The predicted octanol–water partition coefficient (Wildman–Crippen LogP) is 3.91. The summed E-state index contributed by atoms with van der Waals surface area (Å²) in [6, 6.07) is 1.83. The first-order chi connectivity index (χ1) is 7.68. The van der Waals surface area contributed by atoms with Crippen molar-refractivity contribution in [3.8, 4) is 0 Å². The summed E-state index contributed by atoms with van der Waals surface area (Å²) in [6.45, 7) is 1.72. The van der Waals surface area contributed by atoms with Crippen molar-refractivity contribution in [1.29, 1.82) is 0 Å². The van der Waals surface area contributed by atoms with Crippen LogP contribution in [-0.4, -0.2) is 4.98 Å². The van der Waals surface area contributed by atoms with Gasteiger partial charge in [0.1, 0.15) is 0 Å².